The van der Waals surface area contributed by atoms with Crippen LogP contribution in [0.15, 0.2) is 76.9 Å². The molecule has 3 aromatic carbocycles. The van der Waals surface area contributed by atoms with Crippen LogP contribution in [0.2, 0.25) is 0 Å². The Morgan fingerprint density at radius 2 is 1.37 bits per heavy atom. The van der Waals surface area contributed by atoms with E-state index in [9.17, 15) is 0 Å². The van der Waals surface area contributed by atoms with Gasteiger partial charge in [-0.1, -0.05) is 54.6 Å². The van der Waals surface area contributed by atoms with Gasteiger partial charge >= 0.3 is 0 Å². The third kappa shape index (κ3) is 4.14. The third-order valence-corrected chi connectivity index (χ3v) is 5.67. The first-order chi connectivity index (χ1) is 14.7. The van der Waals surface area contributed by atoms with E-state index in [-0.39, 0.29) is 0 Å². The van der Waals surface area contributed by atoms with Gasteiger partial charge < -0.3 is 4.90 Å². The van der Waals surface area contributed by atoms with Crippen molar-refractivity contribution in [2.75, 3.05) is 29.7 Å². The van der Waals surface area contributed by atoms with E-state index in [0.29, 0.717) is 11.8 Å². The topological polar surface area (TPSA) is 28.0 Å². The zero-order chi connectivity index (χ0) is 20.9. The lowest BCUT2D eigenvalue weighted by atomic mass is 10.1. The molecule has 0 aliphatic heterocycles. The van der Waals surface area contributed by atoms with Gasteiger partial charge in [-0.2, -0.15) is 5.10 Å². The number of nitrogens with zero attached hydrogens (tertiary/aromatic N) is 3. The molecule has 0 N–H and O–H groups in total. The van der Waals surface area contributed by atoms with Gasteiger partial charge in [0.2, 0.25) is 0 Å². The van der Waals surface area contributed by atoms with Crippen molar-refractivity contribution in [3.05, 3.63) is 89.0 Å². The summed E-state index contributed by atoms with van der Waals surface area (Å²) in [6.07, 6.45) is 1.82. The molecule has 0 aromatic heterocycles. The first-order valence-corrected chi connectivity index (χ1v) is 11.1. The van der Waals surface area contributed by atoms with Crippen LogP contribution in [0.3, 0.4) is 0 Å². The molecule has 0 bridgehead atoms. The number of halogens is 2. The second-order valence-electron chi connectivity index (χ2n) is 7.19. The molecule has 0 radical (unpaired) electrons. The highest BCUT2D eigenvalue weighted by molar-refractivity contribution is 6.24. The maximum absolute atomic E-state index is 5.93. The Balaban J connectivity index is 1.61. The van der Waals surface area contributed by atoms with Crippen molar-refractivity contribution < 1.29 is 0 Å². The minimum Gasteiger partial charge on any atom is -0.369 e. The Morgan fingerprint density at radius 1 is 0.800 bits per heavy atom. The highest BCUT2D eigenvalue weighted by Crippen LogP contribution is 2.36. The normalized spacial score (nSPS) is 12.2. The van der Waals surface area contributed by atoms with E-state index in [1.807, 2.05) is 18.3 Å². The summed E-state index contributed by atoms with van der Waals surface area (Å²) in [4.78, 5) is 2.19. The van der Waals surface area contributed by atoms with E-state index in [2.05, 4.69) is 76.6 Å². The first-order valence-electron chi connectivity index (χ1n) is 10.0. The number of hydrogen-bond donors (Lipinski definition) is 0. The van der Waals surface area contributed by atoms with E-state index >= 15 is 0 Å². The molecular weight excluding hydrogens is 413 g/mol. The van der Waals surface area contributed by atoms with Crippen molar-refractivity contribution in [1.29, 1.82) is 0 Å². The molecule has 30 heavy (non-hydrogen) atoms. The first kappa shape index (κ1) is 20.6. The number of benzene rings is 3. The second-order valence-corrected chi connectivity index (χ2v) is 7.95. The van der Waals surface area contributed by atoms with Crippen molar-refractivity contribution in [3.8, 4) is 11.1 Å². The fourth-order valence-corrected chi connectivity index (χ4v) is 4.23. The molecule has 4 rings (SSSR count). The van der Waals surface area contributed by atoms with Gasteiger partial charge in [-0.05, 0) is 41.3 Å². The van der Waals surface area contributed by atoms with Crippen LogP contribution < -0.4 is 4.90 Å². The van der Waals surface area contributed by atoms with E-state index in [0.717, 1.165) is 46.7 Å². The number of hydrogen-bond acceptors (Lipinski definition) is 3. The second kappa shape index (κ2) is 9.46. The fraction of sp³-hybridized carbons (Fsp3) is 0.200. The van der Waals surface area contributed by atoms with Crippen molar-refractivity contribution in [1.82, 2.24) is 0 Å². The summed E-state index contributed by atoms with van der Waals surface area (Å²) in [5, 5.41) is 9.04. The number of anilines is 1. The molecule has 0 fully saturated rings. The smallest absolute Gasteiger partial charge is 0.101 e. The molecule has 3 nitrogen and oxygen atoms in total. The Hall–Kier alpha value is -2.62. The summed E-state index contributed by atoms with van der Waals surface area (Å²) >= 11 is 11.9. The highest BCUT2D eigenvalue weighted by Gasteiger charge is 2.23. The van der Waals surface area contributed by atoms with Crippen LogP contribution in [0.4, 0.5) is 5.69 Å². The van der Waals surface area contributed by atoms with Gasteiger partial charge in [0.25, 0.3) is 0 Å². The molecule has 0 atom stereocenters. The molecule has 0 saturated carbocycles. The van der Waals surface area contributed by atoms with Crippen LogP contribution in [0, 0.1) is 6.92 Å². The Kier molecular flexibility index (Phi) is 6.51. The predicted octanol–water partition coefficient (Wildman–Crippen LogP) is 6.13. The molecule has 5 heteroatoms. The maximum atomic E-state index is 5.93. The van der Waals surface area contributed by atoms with Crippen molar-refractivity contribution in [3.63, 3.8) is 0 Å². The number of alkyl halides is 2. The van der Waals surface area contributed by atoms with Gasteiger partial charge in [0.15, 0.2) is 0 Å². The Labute approximate surface area is 187 Å². The van der Waals surface area contributed by atoms with Gasteiger partial charge in [-0.3, -0.25) is 0 Å². The van der Waals surface area contributed by atoms with E-state index < -0.39 is 0 Å². The molecule has 0 spiro atoms. The SMILES string of the molecule is Cc1cc(N(CCCl)CCCl)ccc1C=NN=C1c2ccccc2-c2ccccc21. The lowest BCUT2D eigenvalue weighted by Gasteiger charge is -2.23. The van der Waals surface area contributed by atoms with Crippen molar-refractivity contribution >= 4 is 40.8 Å². The van der Waals surface area contributed by atoms with Crippen LogP contribution in [0.5, 0.6) is 0 Å². The molecule has 0 heterocycles. The molecule has 0 unspecified atom stereocenters. The zero-order valence-electron chi connectivity index (χ0n) is 16.9. The van der Waals surface area contributed by atoms with Crippen molar-refractivity contribution in [2.45, 2.75) is 6.92 Å². The summed E-state index contributed by atoms with van der Waals surface area (Å²) in [6.45, 7) is 3.62. The average Bonchev–Trinajstić information content (AvgIpc) is 3.09. The number of aryl methyl sites for hydroxylation is 1. The molecule has 3 aromatic rings. The minimum atomic E-state index is 0.569. The van der Waals surface area contributed by atoms with Crippen molar-refractivity contribution in [2.24, 2.45) is 10.2 Å². The predicted molar refractivity (Wildman–Crippen MR) is 130 cm³/mol. The molecule has 1 aliphatic rings. The Bertz CT molecular complexity index is 1050. The van der Waals surface area contributed by atoms with Crippen LogP contribution in [-0.4, -0.2) is 36.8 Å². The highest BCUT2D eigenvalue weighted by atomic mass is 35.5. The zero-order valence-corrected chi connectivity index (χ0v) is 18.4. The molecular formula is C25H23Cl2N3. The standard InChI is InChI=1S/C25H23Cl2N3/c1-18-16-20(30(14-12-26)15-13-27)11-10-19(18)17-28-29-25-23-8-4-2-6-21(23)22-7-3-5-9-24(22)25/h2-11,16-17H,12-15H2,1H3. The van der Waals surface area contributed by atoms with Gasteiger partial charge in [0, 0.05) is 41.7 Å². The van der Waals surface area contributed by atoms with E-state index in [1.165, 1.54) is 11.1 Å². The molecule has 0 amide bonds. The van der Waals surface area contributed by atoms with Gasteiger partial charge in [-0.25, -0.2) is 0 Å². The molecule has 152 valence electrons. The third-order valence-electron chi connectivity index (χ3n) is 5.34. The number of fused-ring (bicyclic) bond motifs is 3. The average molecular weight is 436 g/mol. The maximum Gasteiger partial charge on any atom is 0.101 e. The summed E-state index contributed by atoms with van der Waals surface area (Å²) in [5.41, 5.74) is 8.89. The van der Waals surface area contributed by atoms with Gasteiger partial charge in [0.1, 0.15) is 5.71 Å². The summed E-state index contributed by atoms with van der Waals surface area (Å²) in [7, 11) is 0. The van der Waals surface area contributed by atoms with Crippen LogP contribution in [0.25, 0.3) is 11.1 Å². The van der Waals surface area contributed by atoms with Gasteiger partial charge in [-0.15, -0.1) is 28.3 Å². The van der Waals surface area contributed by atoms with Crippen LogP contribution in [0.1, 0.15) is 22.3 Å². The number of rotatable bonds is 7. The van der Waals surface area contributed by atoms with Gasteiger partial charge in [0.05, 0.1) is 6.21 Å². The Morgan fingerprint density at radius 3 is 1.90 bits per heavy atom. The van der Waals surface area contributed by atoms with E-state index in [1.54, 1.807) is 0 Å². The fourth-order valence-electron chi connectivity index (χ4n) is 3.83. The molecule has 0 saturated heterocycles. The largest absolute Gasteiger partial charge is 0.369 e. The van der Waals surface area contributed by atoms with E-state index in [4.69, 9.17) is 23.2 Å². The lowest BCUT2D eigenvalue weighted by molar-refractivity contribution is 0.873. The lowest BCUT2D eigenvalue weighted by Crippen LogP contribution is -2.27. The monoisotopic (exact) mass is 435 g/mol. The molecule has 1 aliphatic carbocycles. The minimum absolute atomic E-state index is 0.569. The summed E-state index contributed by atoms with van der Waals surface area (Å²) in [5.74, 6) is 1.14. The summed E-state index contributed by atoms with van der Waals surface area (Å²) in [6, 6.07) is 23.0. The van der Waals surface area contributed by atoms with Crippen LogP contribution >= 0.6 is 23.2 Å². The van der Waals surface area contributed by atoms with Crippen LogP contribution in [-0.2, 0) is 0 Å². The quantitative estimate of drug-likeness (QED) is 0.195. The summed E-state index contributed by atoms with van der Waals surface area (Å²) < 4.78 is 0.